The lowest BCUT2D eigenvalue weighted by molar-refractivity contribution is 0.0657. The Morgan fingerprint density at radius 2 is 2.14 bits per heavy atom. The van der Waals surface area contributed by atoms with Gasteiger partial charge in [-0.2, -0.15) is 0 Å². The minimum atomic E-state index is -0.0359. The second kappa shape index (κ2) is 7.02. The number of ether oxygens (including phenoxy) is 1. The first-order valence-corrected chi connectivity index (χ1v) is 7.89. The van der Waals surface area contributed by atoms with Gasteiger partial charge in [0.1, 0.15) is 5.82 Å². The van der Waals surface area contributed by atoms with Crippen LogP contribution in [-0.2, 0) is 4.74 Å². The van der Waals surface area contributed by atoms with Gasteiger partial charge < -0.3 is 19.9 Å². The number of nitrogens with one attached hydrogen (secondary N) is 1. The molecule has 2 aliphatic rings. The van der Waals surface area contributed by atoms with Gasteiger partial charge in [0.25, 0.3) is 5.91 Å². The molecule has 2 aliphatic heterocycles. The van der Waals surface area contributed by atoms with Gasteiger partial charge in [-0.05, 0) is 32.0 Å². The molecular formula is C15H23N5O2. The van der Waals surface area contributed by atoms with Crippen LogP contribution in [0.25, 0.3) is 0 Å². The molecule has 0 radical (unpaired) electrons. The largest absolute Gasteiger partial charge is 0.376 e. The summed E-state index contributed by atoms with van der Waals surface area (Å²) in [5, 5.41) is 11.4. The summed E-state index contributed by atoms with van der Waals surface area (Å²) in [6, 6.07) is 3.55. The Balaban J connectivity index is 1.53. The monoisotopic (exact) mass is 305 g/mol. The molecule has 1 amide bonds. The molecule has 7 nitrogen and oxygen atoms in total. The average Bonchev–Trinajstić information content (AvgIpc) is 3.07. The zero-order chi connectivity index (χ0) is 15.4. The molecule has 1 N–H and O–H groups in total. The summed E-state index contributed by atoms with van der Waals surface area (Å²) in [7, 11) is 2.07. The van der Waals surface area contributed by atoms with Crippen molar-refractivity contribution in [2.24, 2.45) is 0 Å². The van der Waals surface area contributed by atoms with Crippen LogP contribution in [0.1, 0.15) is 23.3 Å². The van der Waals surface area contributed by atoms with Crippen LogP contribution in [0.15, 0.2) is 12.1 Å². The van der Waals surface area contributed by atoms with Crippen LogP contribution in [0.2, 0.25) is 0 Å². The van der Waals surface area contributed by atoms with E-state index in [0.29, 0.717) is 11.5 Å². The molecule has 3 rings (SSSR count). The van der Waals surface area contributed by atoms with Crippen LogP contribution >= 0.6 is 0 Å². The van der Waals surface area contributed by atoms with Gasteiger partial charge in [0.05, 0.1) is 6.10 Å². The third-order valence-corrected chi connectivity index (χ3v) is 4.21. The number of nitrogens with zero attached hydrogens (tertiary/aromatic N) is 4. The number of piperazine rings is 1. The van der Waals surface area contributed by atoms with Crippen molar-refractivity contribution in [3.8, 4) is 0 Å². The molecule has 3 heterocycles. The second-order valence-corrected chi connectivity index (χ2v) is 5.92. The zero-order valence-corrected chi connectivity index (χ0v) is 13.0. The smallest absolute Gasteiger partial charge is 0.274 e. The highest BCUT2D eigenvalue weighted by atomic mass is 16.5. The number of hydrogen-bond donors (Lipinski definition) is 1. The summed E-state index contributed by atoms with van der Waals surface area (Å²) in [5.41, 5.74) is 0.409. The van der Waals surface area contributed by atoms with Crippen molar-refractivity contribution in [1.82, 2.24) is 20.0 Å². The maximum atomic E-state index is 12.3. The number of anilines is 1. The number of hydrogen-bond acceptors (Lipinski definition) is 6. The van der Waals surface area contributed by atoms with Crippen molar-refractivity contribution < 1.29 is 9.53 Å². The molecule has 0 saturated carbocycles. The molecule has 1 aromatic heterocycles. The van der Waals surface area contributed by atoms with Gasteiger partial charge in [-0.1, -0.05) is 0 Å². The van der Waals surface area contributed by atoms with E-state index in [1.54, 1.807) is 6.07 Å². The Kier molecular flexibility index (Phi) is 4.84. The molecule has 0 spiro atoms. The molecule has 7 heteroatoms. The standard InChI is InChI=1S/C15H23N5O2/c1-19-6-8-20(9-7-19)15(21)13-4-5-14(18-17-13)16-11-12-3-2-10-22-12/h4-5,12H,2-3,6-11H2,1H3,(H,16,18). The Bertz CT molecular complexity index is 493. The summed E-state index contributed by atoms with van der Waals surface area (Å²) < 4.78 is 5.55. The fraction of sp³-hybridized carbons (Fsp3) is 0.667. The summed E-state index contributed by atoms with van der Waals surface area (Å²) >= 11 is 0. The minimum Gasteiger partial charge on any atom is -0.376 e. The molecule has 1 unspecified atom stereocenters. The predicted octanol–water partition coefficient (Wildman–Crippen LogP) is 0.455. The third kappa shape index (κ3) is 3.72. The van der Waals surface area contributed by atoms with Gasteiger partial charge >= 0.3 is 0 Å². The van der Waals surface area contributed by atoms with E-state index in [9.17, 15) is 4.79 Å². The van der Waals surface area contributed by atoms with Gasteiger partial charge in [-0.3, -0.25) is 4.79 Å². The van der Waals surface area contributed by atoms with E-state index < -0.39 is 0 Å². The van der Waals surface area contributed by atoms with Crippen molar-refractivity contribution in [3.63, 3.8) is 0 Å². The summed E-state index contributed by atoms with van der Waals surface area (Å²) in [6.07, 6.45) is 2.46. The first-order valence-electron chi connectivity index (χ1n) is 7.89. The van der Waals surface area contributed by atoms with E-state index >= 15 is 0 Å². The highest BCUT2D eigenvalue weighted by Crippen LogP contribution is 2.13. The second-order valence-electron chi connectivity index (χ2n) is 5.92. The molecule has 0 aromatic carbocycles. The number of amides is 1. The predicted molar refractivity (Wildman–Crippen MR) is 82.9 cm³/mol. The van der Waals surface area contributed by atoms with Gasteiger partial charge in [0.2, 0.25) is 0 Å². The third-order valence-electron chi connectivity index (χ3n) is 4.21. The maximum absolute atomic E-state index is 12.3. The van der Waals surface area contributed by atoms with Crippen LogP contribution < -0.4 is 5.32 Å². The van der Waals surface area contributed by atoms with Gasteiger partial charge in [-0.15, -0.1) is 10.2 Å². The number of likely N-dealkylation sites (N-methyl/N-ethyl adjacent to an activating group) is 1. The summed E-state index contributed by atoms with van der Waals surface area (Å²) in [6.45, 7) is 4.88. The normalized spacial score (nSPS) is 22.8. The molecular weight excluding hydrogens is 282 g/mol. The quantitative estimate of drug-likeness (QED) is 0.871. The molecule has 22 heavy (non-hydrogen) atoms. The highest BCUT2D eigenvalue weighted by Gasteiger charge is 2.21. The molecule has 0 bridgehead atoms. The Hall–Kier alpha value is -1.73. The maximum Gasteiger partial charge on any atom is 0.274 e. The number of rotatable bonds is 4. The zero-order valence-electron chi connectivity index (χ0n) is 13.0. The highest BCUT2D eigenvalue weighted by molar-refractivity contribution is 5.92. The fourth-order valence-electron chi connectivity index (χ4n) is 2.74. The lowest BCUT2D eigenvalue weighted by Gasteiger charge is -2.32. The van der Waals surface area contributed by atoms with Crippen LogP contribution in [0.4, 0.5) is 5.82 Å². The van der Waals surface area contributed by atoms with E-state index in [4.69, 9.17) is 4.74 Å². The Morgan fingerprint density at radius 3 is 2.77 bits per heavy atom. The van der Waals surface area contributed by atoms with E-state index in [1.807, 2.05) is 11.0 Å². The van der Waals surface area contributed by atoms with Crippen LogP contribution in [-0.4, -0.2) is 78.4 Å². The summed E-state index contributed by atoms with van der Waals surface area (Å²) in [4.78, 5) is 16.4. The lowest BCUT2D eigenvalue weighted by Crippen LogP contribution is -2.47. The van der Waals surface area contributed by atoms with E-state index in [1.165, 1.54) is 0 Å². The van der Waals surface area contributed by atoms with Crippen molar-refractivity contribution in [1.29, 1.82) is 0 Å². The summed E-state index contributed by atoms with van der Waals surface area (Å²) in [5.74, 6) is 0.650. The first kappa shape index (κ1) is 15.2. The van der Waals surface area contributed by atoms with E-state index in [2.05, 4.69) is 27.5 Å². The topological polar surface area (TPSA) is 70.6 Å². The van der Waals surface area contributed by atoms with E-state index in [-0.39, 0.29) is 12.0 Å². The van der Waals surface area contributed by atoms with Crippen LogP contribution in [0.3, 0.4) is 0 Å². The lowest BCUT2D eigenvalue weighted by atomic mass is 10.2. The molecule has 120 valence electrons. The fourth-order valence-corrected chi connectivity index (χ4v) is 2.74. The van der Waals surface area contributed by atoms with Crippen molar-refractivity contribution in [2.75, 3.05) is 51.7 Å². The Labute approximate surface area is 130 Å². The van der Waals surface area contributed by atoms with Crippen LogP contribution in [0, 0.1) is 0 Å². The Morgan fingerprint density at radius 1 is 1.32 bits per heavy atom. The first-order chi connectivity index (χ1) is 10.7. The molecule has 1 aromatic rings. The number of aromatic nitrogens is 2. The number of carbonyl (C=O) groups is 1. The molecule has 0 aliphatic carbocycles. The molecule has 2 fully saturated rings. The molecule has 2 saturated heterocycles. The average molecular weight is 305 g/mol. The van der Waals surface area contributed by atoms with Crippen LogP contribution in [0.5, 0.6) is 0 Å². The molecule has 1 atom stereocenters. The minimum absolute atomic E-state index is 0.0359. The van der Waals surface area contributed by atoms with Gasteiger partial charge in [0, 0.05) is 39.3 Å². The van der Waals surface area contributed by atoms with Crippen molar-refractivity contribution in [2.45, 2.75) is 18.9 Å². The van der Waals surface area contributed by atoms with Gasteiger partial charge in [0.15, 0.2) is 5.69 Å². The number of carbonyl (C=O) groups excluding carboxylic acids is 1. The SMILES string of the molecule is CN1CCN(C(=O)c2ccc(NCC3CCCO3)nn2)CC1. The van der Waals surface area contributed by atoms with Crippen molar-refractivity contribution in [3.05, 3.63) is 17.8 Å². The van der Waals surface area contributed by atoms with Gasteiger partial charge in [-0.25, -0.2) is 0 Å². The van der Waals surface area contributed by atoms with Crippen molar-refractivity contribution >= 4 is 11.7 Å². The van der Waals surface area contributed by atoms with E-state index in [0.717, 1.165) is 52.2 Å².